The molecular weight excluding hydrogens is 424 g/mol. The normalized spacial score (nSPS) is 22.0. The molecule has 2 saturated heterocycles. The zero-order valence-electron chi connectivity index (χ0n) is 23.7. The molecule has 5 atom stereocenters. The lowest BCUT2D eigenvalue weighted by atomic mass is 9.97. The van der Waals surface area contributed by atoms with Gasteiger partial charge in [-0.3, -0.25) is 0 Å². The molecule has 2 aliphatic rings. The van der Waals surface area contributed by atoms with Crippen molar-refractivity contribution in [3.8, 4) is 0 Å². The maximum Gasteiger partial charge on any atom is 0.0160 e. The van der Waals surface area contributed by atoms with E-state index in [4.69, 9.17) is 34.4 Å². The predicted molar refractivity (Wildman–Crippen MR) is 154 cm³/mol. The Morgan fingerprint density at radius 3 is 0.971 bits per heavy atom. The summed E-state index contributed by atoms with van der Waals surface area (Å²) in [5.74, 6) is 1.95. The van der Waals surface area contributed by atoms with Crippen molar-refractivity contribution in [2.45, 2.75) is 111 Å². The summed E-state index contributed by atoms with van der Waals surface area (Å²) in [6.45, 7) is 17.5. The zero-order valence-corrected chi connectivity index (χ0v) is 23.7. The summed E-state index contributed by atoms with van der Waals surface area (Å²) < 4.78 is 0. The number of nitrogens with two attached hydrogens (primary N) is 6. The Bertz CT molecular complexity index is 294. The SMILES string of the molecule is CC[C@@H](N)CN.CC[C@@H](N)CN.CC[C@H](N)CN.CC[C@H]1CCCNC1.CC[C@H]1CCCNC1. The molecule has 0 radical (unpaired) electrons. The summed E-state index contributed by atoms with van der Waals surface area (Å²) in [6, 6.07) is 0.639. The molecule has 0 saturated carbocycles. The van der Waals surface area contributed by atoms with Gasteiger partial charge < -0.3 is 45.0 Å². The molecule has 8 nitrogen and oxygen atoms in total. The molecule has 2 rings (SSSR count). The van der Waals surface area contributed by atoms with Crippen LogP contribution in [-0.2, 0) is 0 Å². The summed E-state index contributed by atoms with van der Waals surface area (Å²) in [7, 11) is 0. The molecule has 0 aromatic carbocycles. The fraction of sp³-hybridized carbons (Fsp3) is 1.00. The van der Waals surface area contributed by atoms with Gasteiger partial charge in [0.05, 0.1) is 0 Å². The van der Waals surface area contributed by atoms with Crippen LogP contribution in [0.3, 0.4) is 0 Å². The lowest BCUT2D eigenvalue weighted by Crippen LogP contribution is -2.29. The topological polar surface area (TPSA) is 180 Å². The minimum absolute atomic E-state index is 0.213. The lowest BCUT2D eigenvalue weighted by molar-refractivity contribution is 0.369. The fourth-order valence-electron chi connectivity index (χ4n) is 3.04. The minimum Gasteiger partial charge on any atom is -0.329 e. The van der Waals surface area contributed by atoms with Crippen LogP contribution in [0.25, 0.3) is 0 Å². The van der Waals surface area contributed by atoms with Gasteiger partial charge in [0.15, 0.2) is 0 Å². The first-order valence-electron chi connectivity index (χ1n) is 14.1. The van der Waals surface area contributed by atoms with Gasteiger partial charge >= 0.3 is 0 Å². The Hall–Kier alpha value is -0.320. The van der Waals surface area contributed by atoms with Crippen LogP contribution in [-0.4, -0.2) is 63.9 Å². The fourth-order valence-corrected chi connectivity index (χ4v) is 3.04. The maximum atomic E-state index is 5.35. The van der Waals surface area contributed by atoms with Crippen molar-refractivity contribution >= 4 is 0 Å². The van der Waals surface area contributed by atoms with Crippen molar-refractivity contribution in [1.29, 1.82) is 0 Å². The number of hydrogen-bond acceptors (Lipinski definition) is 8. The highest BCUT2D eigenvalue weighted by atomic mass is 14.9. The largest absolute Gasteiger partial charge is 0.329 e. The van der Waals surface area contributed by atoms with E-state index in [0.717, 1.165) is 31.1 Å². The van der Waals surface area contributed by atoms with Gasteiger partial charge in [-0.25, -0.2) is 0 Å². The van der Waals surface area contributed by atoms with E-state index in [1.807, 2.05) is 20.8 Å². The summed E-state index contributed by atoms with van der Waals surface area (Å²) in [5, 5.41) is 6.77. The number of hydrogen-bond donors (Lipinski definition) is 8. The number of rotatable bonds is 8. The molecule has 14 N–H and O–H groups in total. The Morgan fingerprint density at radius 1 is 0.588 bits per heavy atom. The number of piperidine rings is 2. The van der Waals surface area contributed by atoms with Crippen molar-refractivity contribution in [3.63, 3.8) is 0 Å². The van der Waals surface area contributed by atoms with Crippen LogP contribution in [0.4, 0.5) is 0 Å². The van der Waals surface area contributed by atoms with Gasteiger partial charge in [-0.15, -0.1) is 0 Å². The number of nitrogens with one attached hydrogen (secondary N) is 2. The highest BCUT2D eigenvalue weighted by Gasteiger charge is 2.09. The monoisotopic (exact) mass is 491 g/mol. The van der Waals surface area contributed by atoms with Crippen LogP contribution in [0.1, 0.15) is 92.4 Å². The Labute approximate surface area is 213 Å². The van der Waals surface area contributed by atoms with Gasteiger partial charge in [-0.2, -0.15) is 0 Å². The first-order chi connectivity index (χ1) is 16.3. The Balaban J connectivity index is -0.000000357. The first-order valence-corrected chi connectivity index (χ1v) is 14.1. The van der Waals surface area contributed by atoms with Crippen LogP contribution in [0.5, 0.6) is 0 Å². The lowest BCUT2D eigenvalue weighted by Gasteiger charge is -2.20. The molecule has 8 heteroatoms. The second-order valence-electron chi connectivity index (χ2n) is 9.45. The van der Waals surface area contributed by atoms with Gasteiger partial charge in [0.1, 0.15) is 0 Å². The molecule has 0 aromatic rings. The van der Waals surface area contributed by atoms with Crippen LogP contribution in [0.2, 0.25) is 0 Å². The van der Waals surface area contributed by atoms with Crippen molar-refractivity contribution < 1.29 is 0 Å². The molecular formula is C26H66N8. The summed E-state index contributed by atoms with van der Waals surface area (Å²) in [6.07, 6.45) is 11.3. The summed E-state index contributed by atoms with van der Waals surface area (Å²) in [5.41, 5.74) is 31.5. The average Bonchev–Trinajstić information content (AvgIpc) is 2.93. The van der Waals surface area contributed by atoms with Crippen molar-refractivity contribution in [1.82, 2.24) is 10.6 Å². The Morgan fingerprint density at radius 2 is 0.882 bits per heavy atom. The summed E-state index contributed by atoms with van der Waals surface area (Å²) >= 11 is 0. The molecule has 0 aliphatic carbocycles. The third kappa shape index (κ3) is 29.7. The van der Waals surface area contributed by atoms with Gasteiger partial charge in [0.2, 0.25) is 0 Å². The average molecular weight is 491 g/mol. The predicted octanol–water partition coefficient (Wildman–Crippen LogP) is 1.84. The standard InChI is InChI=1S/2C7H15N.3C4H12N2/c2*1-2-7-4-3-5-8-6-7;3*1-2-4(6)3-5/h2*7-8H,2-6H2,1H3;3*4H,2-3,5-6H2,1H3/t2*7-;3*4-/m00110/s1. The molecule has 0 spiro atoms. The van der Waals surface area contributed by atoms with Gasteiger partial charge in [0, 0.05) is 37.8 Å². The molecule has 210 valence electrons. The molecule has 34 heavy (non-hydrogen) atoms. The van der Waals surface area contributed by atoms with E-state index in [1.165, 1.54) is 64.7 Å². The van der Waals surface area contributed by atoms with E-state index in [1.54, 1.807) is 0 Å². The smallest absolute Gasteiger partial charge is 0.0160 e. The highest BCUT2D eigenvalue weighted by molar-refractivity contribution is 4.67. The van der Waals surface area contributed by atoms with Crippen molar-refractivity contribution in [3.05, 3.63) is 0 Å². The third-order valence-electron chi connectivity index (χ3n) is 6.43. The van der Waals surface area contributed by atoms with Gasteiger partial charge in [0.25, 0.3) is 0 Å². The van der Waals surface area contributed by atoms with E-state index in [2.05, 4.69) is 24.5 Å². The van der Waals surface area contributed by atoms with Gasteiger partial charge in [-0.05, 0) is 83.0 Å². The minimum atomic E-state index is 0.213. The van der Waals surface area contributed by atoms with Crippen LogP contribution < -0.4 is 45.0 Å². The van der Waals surface area contributed by atoms with E-state index >= 15 is 0 Å². The second-order valence-corrected chi connectivity index (χ2v) is 9.45. The van der Waals surface area contributed by atoms with Crippen LogP contribution >= 0.6 is 0 Å². The molecule has 0 bridgehead atoms. The second kappa shape index (κ2) is 30.7. The third-order valence-corrected chi connectivity index (χ3v) is 6.43. The molecule has 0 unspecified atom stereocenters. The zero-order chi connectivity index (χ0) is 26.6. The van der Waals surface area contributed by atoms with E-state index in [0.29, 0.717) is 19.6 Å². The molecule has 2 fully saturated rings. The van der Waals surface area contributed by atoms with Crippen LogP contribution in [0.15, 0.2) is 0 Å². The first kappa shape index (κ1) is 38.2. The molecule has 0 aromatic heterocycles. The van der Waals surface area contributed by atoms with E-state index in [-0.39, 0.29) is 18.1 Å². The van der Waals surface area contributed by atoms with Gasteiger partial charge in [-0.1, -0.05) is 47.5 Å². The van der Waals surface area contributed by atoms with Crippen molar-refractivity contribution in [2.75, 3.05) is 45.8 Å². The van der Waals surface area contributed by atoms with E-state index < -0.39 is 0 Å². The molecule has 0 amide bonds. The molecule has 2 aliphatic heterocycles. The molecule has 2 heterocycles. The van der Waals surface area contributed by atoms with E-state index in [9.17, 15) is 0 Å². The van der Waals surface area contributed by atoms with Crippen LogP contribution in [0, 0.1) is 11.8 Å². The maximum absolute atomic E-state index is 5.35. The van der Waals surface area contributed by atoms with Crippen molar-refractivity contribution in [2.24, 2.45) is 46.2 Å². The Kier molecular flexibility index (Phi) is 34.5. The summed E-state index contributed by atoms with van der Waals surface area (Å²) in [4.78, 5) is 0. The highest BCUT2D eigenvalue weighted by Crippen LogP contribution is 2.12. The quantitative estimate of drug-likeness (QED) is 0.253.